The highest BCUT2D eigenvalue weighted by molar-refractivity contribution is 7.32. The van der Waals surface area contributed by atoms with Crippen molar-refractivity contribution in [2.75, 3.05) is 0 Å². The fourth-order valence-electron chi connectivity index (χ4n) is 0.737. The Morgan fingerprint density at radius 3 is 2.90 bits per heavy atom. The number of carbonyl (C=O) groups is 1. The van der Waals surface area contributed by atoms with E-state index in [4.69, 9.17) is 5.11 Å². The van der Waals surface area contributed by atoms with E-state index in [1.165, 1.54) is 0 Å². The summed E-state index contributed by atoms with van der Waals surface area (Å²) < 4.78 is 0. The summed E-state index contributed by atoms with van der Waals surface area (Å²) in [6.45, 7) is 3.51. The second-order valence-corrected chi connectivity index (χ2v) is 2.94. The lowest BCUT2D eigenvalue weighted by molar-refractivity contribution is 0.0702. The number of carboxylic acids is 1. The van der Waals surface area contributed by atoms with Gasteiger partial charge < -0.3 is 5.11 Å². The Morgan fingerprint density at radius 2 is 2.50 bits per heavy atom. The average molecular weight is 154 g/mol. The van der Waals surface area contributed by atoms with E-state index in [0.717, 1.165) is 5.56 Å². The lowest BCUT2D eigenvalue weighted by Crippen LogP contribution is -1.92. The van der Waals surface area contributed by atoms with Crippen molar-refractivity contribution < 1.29 is 9.90 Å². The topological polar surface area (TPSA) is 37.3 Å². The van der Waals surface area contributed by atoms with Crippen molar-refractivity contribution in [3.05, 3.63) is 29.3 Å². The molecule has 1 N–H and O–H groups in total. The molecule has 0 saturated heterocycles. The summed E-state index contributed by atoms with van der Waals surface area (Å²) in [5, 5.41) is 9.04. The quantitative estimate of drug-likeness (QED) is 0.707. The van der Waals surface area contributed by atoms with Gasteiger partial charge in [-0.1, -0.05) is 18.7 Å². The Hall–Kier alpha value is -1.01. The molecule has 0 radical (unpaired) electrons. The third-order valence-corrected chi connectivity index (χ3v) is 2.34. The summed E-state index contributed by atoms with van der Waals surface area (Å²) in [7, 11) is 0.296. The summed E-state index contributed by atoms with van der Waals surface area (Å²) in [4.78, 5) is 10.4. The van der Waals surface area contributed by atoms with Gasteiger partial charge in [0.25, 0.3) is 0 Å². The van der Waals surface area contributed by atoms with Crippen molar-refractivity contribution in [1.82, 2.24) is 0 Å². The maximum absolute atomic E-state index is 10.4. The van der Waals surface area contributed by atoms with Gasteiger partial charge in [-0.2, -0.15) is 0 Å². The fraction of sp³-hybridized carbons (Fsp3) is 0. The van der Waals surface area contributed by atoms with Crippen LogP contribution in [0.25, 0.3) is 6.08 Å². The van der Waals surface area contributed by atoms with Gasteiger partial charge in [-0.15, -0.1) is 8.19 Å². The molecule has 0 aliphatic heterocycles. The molecule has 10 heavy (non-hydrogen) atoms. The van der Waals surface area contributed by atoms with Gasteiger partial charge in [-0.25, -0.2) is 4.79 Å². The van der Waals surface area contributed by atoms with E-state index in [2.05, 4.69) is 6.58 Å². The molecule has 3 heteroatoms. The Kier molecular flexibility index (Phi) is 1.93. The third kappa shape index (κ3) is 1.12. The smallest absolute Gasteiger partial charge is 0.340 e. The first kappa shape index (κ1) is 7.10. The highest BCUT2D eigenvalue weighted by Crippen LogP contribution is 2.21. The van der Waals surface area contributed by atoms with Gasteiger partial charge in [0, 0.05) is 0 Å². The first-order valence-corrected chi connectivity index (χ1v) is 3.86. The van der Waals surface area contributed by atoms with Crippen molar-refractivity contribution in [1.29, 1.82) is 0 Å². The van der Waals surface area contributed by atoms with E-state index in [-0.39, 0.29) is 0 Å². The summed E-state index contributed by atoms with van der Waals surface area (Å²) in [6, 6.07) is 1.79. The predicted molar refractivity (Wildman–Crippen MR) is 43.0 cm³/mol. The van der Waals surface area contributed by atoms with E-state index in [0.29, 0.717) is 13.5 Å². The zero-order chi connectivity index (χ0) is 7.56. The first-order valence-electron chi connectivity index (χ1n) is 2.79. The van der Waals surface area contributed by atoms with Gasteiger partial charge in [-0.05, 0) is 11.4 Å². The summed E-state index contributed by atoms with van der Waals surface area (Å²) >= 11 is 0. The van der Waals surface area contributed by atoms with Gasteiger partial charge >= 0.3 is 5.97 Å². The molecule has 52 valence electrons. The molecule has 0 aliphatic carbocycles. The normalized spacial score (nSPS) is 10.0. The molecule has 1 aromatic heterocycles. The molecular formula is C7H7O2P. The molecule has 0 aliphatic rings. The van der Waals surface area contributed by atoms with Crippen molar-refractivity contribution in [2.24, 2.45) is 0 Å². The van der Waals surface area contributed by atoms with E-state index in [9.17, 15) is 4.79 Å². The minimum atomic E-state index is -0.835. The third-order valence-electron chi connectivity index (χ3n) is 1.21. The molecule has 0 amide bonds. The maximum Gasteiger partial charge on any atom is 0.340 e. The van der Waals surface area contributed by atoms with Crippen LogP contribution in [0.4, 0.5) is 0 Å². The number of hydrogen-bond donors (Lipinski definition) is 1. The van der Waals surface area contributed by atoms with Gasteiger partial charge in [0.2, 0.25) is 0 Å². The molecule has 1 atom stereocenters. The van der Waals surface area contributed by atoms with Crippen LogP contribution in [0.1, 0.15) is 15.7 Å². The first-order chi connectivity index (χ1) is 4.75. The highest BCUT2D eigenvalue weighted by Gasteiger charge is 2.05. The van der Waals surface area contributed by atoms with E-state index >= 15 is 0 Å². The van der Waals surface area contributed by atoms with Crippen LogP contribution in [0.15, 0.2) is 18.4 Å². The molecule has 1 unspecified atom stereocenters. The Morgan fingerprint density at radius 1 is 1.80 bits per heavy atom. The van der Waals surface area contributed by atoms with Gasteiger partial charge in [-0.3, -0.25) is 0 Å². The van der Waals surface area contributed by atoms with Gasteiger partial charge in [0.15, 0.2) is 0 Å². The second kappa shape index (κ2) is 2.72. The highest BCUT2D eigenvalue weighted by atomic mass is 31.0. The Balaban J connectivity index is 3.13. The number of rotatable bonds is 2. The minimum absolute atomic E-state index is 0.296. The van der Waals surface area contributed by atoms with Crippen LogP contribution in [0.2, 0.25) is 0 Å². The van der Waals surface area contributed by atoms with Crippen molar-refractivity contribution in [2.45, 2.75) is 0 Å². The lowest BCUT2D eigenvalue weighted by atomic mass is 10.2. The van der Waals surface area contributed by atoms with Crippen LogP contribution in [0.3, 0.4) is 0 Å². The molecule has 0 spiro atoms. The van der Waals surface area contributed by atoms with Crippen LogP contribution in [0, 0.1) is 0 Å². The zero-order valence-electron chi connectivity index (χ0n) is 5.29. The van der Waals surface area contributed by atoms with Crippen LogP contribution in [-0.4, -0.2) is 11.1 Å². The Labute approximate surface area is 60.3 Å². The standard InChI is InChI=1S/C7H7O2P/c1-2-5-3-4-10-6(5)7(8)9/h2-4,10H,1H2,(H,8,9). The lowest BCUT2D eigenvalue weighted by Gasteiger charge is -1.89. The molecule has 0 saturated carbocycles. The van der Waals surface area contributed by atoms with Crippen molar-refractivity contribution in [3.63, 3.8) is 0 Å². The largest absolute Gasteiger partial charge is 0.477 e. The van der Waals surface area contributed by atoms with E-state index in [1.807, 2.05) is 5.80 Å². The summed E-state index contributed by atoms with van der Waals surface area (Å²) in [5.41, 5.74) is 0.742. The zero-order valence-corrected chi connectivity index (χ0v) is 6.29. The molecule has 1 rings (SSSR count). The monoisotopic (exact) mass is 154 g/mol. The molecule has 2 nitrogen and oxygen atoms in total. The van der Waals surface area contributed by atoms with Gasteiger partial charge in [0.05, 0.1) is 5.30 Å². The molecule has 1 aromatic rings. The average Bonchev–Trinajstić information content (AvgIpc) is 2.33. The molecule has 0 fully saturated rings. The molecule has 0 bridgehead atoms. The molecule has 1 heterocycles. The number of hydrogen-bond acceptors (Lipinski definition) is 1. The van der Waals surface area contributed by atoms with Crippen LogP contribution >= 0.6 is 8.19 Å². The van der Waals surface area contributed by atoms with Crippen LogP contribution in [-0.2, 0) is 0 Å². The van der Waals surface area contributed by atoms with Crippen LogP contribution < -0.4 is 0 Å². The fourth-order valence-corrected chi connectivity index (χ4v) is 1.64. The predicted octanol–water partition coefficient (Wildman–Crippen LogP) is 2.06. The molecular weight excluding hydrogens is 147 g/mol. The minimum Gasteiger partial charge on any atom is -0.477 e. The van der Waals surface area contributed by atoms with Gasteiger partial charge in [0.1, 0.15) is 0 Å². The summed E-state index contributed by atoms with van der Waals surface area (Å²) in [6.07, 6.45) is 1.57. The summed E-state index contributed by atoms with van der Waals surface area (Å²) in [5.74, 6) is 1.01. The maximum atomic E-state index is 10.4. The Bertz CT molecular complexity index is 262. The number of carboxylic acid groups (broad SMARTS) is 1. The SMILES string of the molecule is C=Cc1cc[pH]c1C(=O)O. The van der Waals surface area contributed by atoms with Crippen LogP contribution in [0.5, 0.6) is 0 Å². The molecule has 0 aromatic carbocycles. The van der Waals surface area contributed by atoms with Crippen molar-refractivity contribution in [3.8, 4) is 0 Å². The second-order valence-electron chi connectivity index (χ2n) is 1.82. The van der Waals surface area contributed by atoms with E-state index < -0.39 is 5.97 Å². The van der Waals surface area contributed by atoms with Crippen molar-refractivity contribution >= 4 is 20.2 Å². The van der Waals surface area contributed by atoms with E-state index in [1.54, 1.807) is 12.1 Å². The number of aromatic carboxylic acids is 1.